The van der Waals surface area contributed by atoms with E-state index < -0.39 is 6.10 Å². The summed E-state index contributed by atoms with van der Waals surface area (Å²) >= 11 is 0. The normalized spacial score (nSPS) is 12.5. The third-order valence-electron chi connectivity index (χ3n) is 16.2. The van der Waals surface area contributed by atoms with Gasteiger partial charge in [-0.2, -0.15) is 0 Å². The molecule has 0 aliphatic heterocycles. The van der Waals surface area contributed by atoms with Crippen molar-refractivity contribution in [2.24, 2.45) is 0 Å². The molecule has 6 heteroatoms. The predicted octanol–water partition coefficient (Wildman–Crippen LogP) is 25.2. The lowest BCUT2D eigenvalue weighted by molar-refractivity contribution is -0.167. The molecule has 0 fully saturated rings. The molecule has 0 heterocycles. The largest absolute Gasteiger partial charge is 0.462 e. The quantitative estimate of drug-likeness (QED) is 0.0261. The average Bonchev–Trinajstić information content (AvgIpc) is 3.50. The average molecular weight is 1160 g/mol. The Morgan fingerprint density at radius 3 is 0.771 bits per heavy atom. The molecule has 1 atom stereocenters. The molecule has 482 valence electrons. The van der Waals surface area contributed by atoms with E-state index in [-0.39, 0.29) is 31.1 Å². The van der Waals surface area contributed by atoms with E-state index in [0.29, 0.717) is 19.3 Å². The summed E-state index contributed by atoms with van der Waals surface area (Å²) in [5.74, 6) is -0.897. The standard InChI is InChI=1S/C77H138O6/c1-4-7-10-13-16-19-22-25-28-29-30-31-32-33-34-35-36-37-38-39-40-41-42-43-44-45-46-47-50-52-55-58-61-64-67-70-76(79)82-73-74(83-77(80)71-68-65-62-59-56-53-49-27-24-21-18-15-12-9-6-3)72-81-75(78)69-66-63-60-57-54-51-48-26-23-20-17-14-11-8-5-2/h9,12,17-18,20-21,26-27,29-30,48-49,74H,4-8,10-11,13-16,19,22-25,28,31-47,50-73H2,1-3H3/b12-9-,20-17-,21-18-,30-29-,48-26-,49-27-. The summed E-state index contributed by atoms with van der Waals surface area (Å²) in [5, 5.41) is 0. The number of unbranched alkanes of at least 4 members (excludes halogenated alkanes) is 44. The smallest absolute Gasteiger partial charge is 0.306 e. The highest BCUT2D eigenvalue weighted by Gasteiger charge is 2.19. The molecule has 0 saturated carbocycles. The van der Waals surface area contributed by atoms with E-state index in [1.165, 1.54) is 225 Å². The van der Waals surface area contributed by atoms with E-state index >= 15 is 0 Å². The number of rotatable bonds is 67. The Bertz CT molecular complexity index is 1520. The molecule has 83 heavy (non-hydrogen) atoms. The van der Waals surface area contributed by atoms with Gasteiger partial charge >= 0.3 is 17.9 Å². The Kier molecular flexibility index (Phi) is 68.6. The Hall–Kier alpha value is -3.15. The molecule has 6 nitrogen and oxygen atoms in total. The van der Waals surface area contributed by atoms with E-state index in [2.05, 4.69) is 93.7 Å². The molecule has 1 unspecified atom stereocenters. The number of ether oxygens (including phenoxy) is 3. The first-order chi connectivity index (χ1) is 41.0. The fourth-order valence-electron chi connectivity index (χ4n) is 10.7. The molecule has 0 N–H and O–H groups in total. The maximum atomic E-state index is 12.9. The number of esters is 3. The monoisotopic (exact) mass is 1160 g/mol. The van der Waals surface area contributed by atoms with Crippen molar-refractivity contribution in [3.05, 3.63) is 72.9 Å². The van der Waals surface area contributed by atoms with Crippen molar-refractivity contribution in [2.75, 3.05) is 13.2 Å². The zero-order valence-corrected chi connectivity index (χ0v) is 55.5. The Morgan fingerprint density at radius 2 is 0.470 bits per heavy atom. The summed E-state index contributed by atoms with van der Waals surface area (Å²) in [7, 11) is 0. The van der Waals surface area contributed by atoms with Crippen molar-refractivity contribution in [2.45, 2.75) is 386 Å². The van der Waals surface area contributed by atoms with Gasteiger partial charge in [0, 0.05) is 19.3 Å². The Labute approximate surface area is 516 Å². The van der Waals surface area contributed by atoms with E-state index in [0.717, 1.165) is 116 Å². The third-order valence-corrected chi connectivity index (χ3v) is 16.2. The minimum Gasteiger partial charge on any atom is -0.462 e. The van der Waals surface area contributed by atoms with Crippen LogP contribution in [-0.2, 0) is 28.6 Å². The zero-order valence-electron chi connectivity index (χ0n) is 55.5. The molecule has 0 radical (unpaired) electrons. The molecule has 0 rings (SSSR count). The van der Waals surface area contributed by atoms with Gasteiger partial charge < -0.3 is 14.2 Å². The Morgan fingerprint density at radius 1 is 0.253 bits per heavy atom. The fraction of sp³-hybridized carbons (Fsp3) is 0.805. The van der Waals surface area contributed by atoms with Gasteiger partial charge in [-0.15, -0.1) is 0 Å². The van der Waals surface area contributed by atoms with Crippen LogP contribution in [0.5, 0.6) is 0 Å². The second kappa shape index (κ2) is 71.3. The summed E-state index contributed by atoms with van der Waals surface area (Å²) in [6, 6.07) is 0. The molecule has 0 spiro atoms. The summed E-state index contributed by atoms with van der Waals surface area (Å²) in [6.45, 7) is 6.52. The van der Waals surface area contributed by atoms with Crippen LogP contribution in [0.4, 0.5) is 0 Å². The van der Waals surface area contributed by atoms with E-state index in [1.54, 1.807) is 0 Å². The second-order valence-corrected chi connectivity index (χ2v) is 24.5. The number of carbonyl (C=O) groups is 3. The second-order valence-electron chi connectivity index (χ2n) is 24.5. The minimum absolute atomic E-state index is 0.0840. The van der Waals surface area contributed by atoms with Crippen LogP contribution in [0.25, 0.3) is 0 Å². The first-order valence-electron chi connectivity index (χ1n) is 36.4. The minimum atomic E-state index is -0.791. The first-order valence-corrected chi connectivity index (χ1v) is 36.4. The molecule has 0 aromatic heterocycles. The maximum absolute atomic E-state index is 12.9. The van der Waals surface area contributed by atoms with Crippen LogP contribution in [0.3, 0.4) is 0 Å². The highest BCUT2D eigenvalue weighted by molar-refractivity contribution is 5.71. The summed E-state index contributed by atoms with van der Waals surface area (Å²) in [6.07, 6.45) is 93.9. The van der Waals surface area contributed by atoms with Crippen LogP contribution in [0.1, 0.15) is 380 Å². The van der Waals surface area contributed by atoms with Crippen LogP contribution in [0.15, 0.2) is 72.9 Å². The lowest BCUT2D eigenvalue weighted by atomic mass is 10.0. The van der Waals surface area contributed by atoms with Gasteiger partial charge in [-0.25, -0.2) is 0 Å². The van der Waals surface area contributed by atoms with Crippen LogP contribution in [0, 0.1) is 0 Å². The SMILES string of the molecule is CC/C=C\C/C=C\C/C=C\CCCCCCCC(=O)OC(COC(=O)CCCCCCC/C=C\C/C=C\CCCCC)COC(=O)CCCCCCCCCCCCCCCCCCCCCCCCC/C=C\CCCCCCCCCC. The topological polar surface area (TPSA) is 78.9 Å². The van der Waals surface area contributed by atoms with Gasteiger partial charge in [0.05, 0.1) is 0 Å². The predicted molar refractivity (Wildman–Crippen MR) is 362 cm³/mol. The fourth-order valence-corrected chi connectivity index (χ4v) is 10.7. The number of hydrogen-bond acceptors (Lipinski definition) is 6. The summed E-state index contributed by atoms with van der Waals surface area (Å²) < 4.78 is 16.9. The molecule has 0 bridgehead atoms. The maximum Gasteiger partial charge on any atom is 0.306 e. The van der Waals surface area contributed by atoms with E-state index in [9.17, 15) is 14.4 Å². The van der Waals surface area contributed by atoms with Gasteiger partial charge in [-0.3, -0.25) is 14.4 Å². The lowest BCUT2D eigenvalue weighted by Gasteiger charge is -2.18. The van der Waals surface area contributed by atoms with E-state index in [1.807, 2.05) is 0 Å². The summed E-state index contributed by atoms with van der Waals surface area (Å²) in [5.41, 5.74) is 0. The highest BCUT2D eigenvalue weighted by Crippen LogP contribution is 2.18. The van der Waals surface area contributed by atoms with Gasteiger partial charge in [-0.1, -0.05) is 325 Å². The molecular weight excluding hydrogens is 1020 g/mol. The van der Waals surface area contributed by atoms with Crippen molar-refractivity contribution in [3.8, 4) is 0 Å². The van der Waals surface area contributed by atoms with Gasteiger partial charge in [-0.05, 0) is 109 Å². The molecule has 0 aromatic rings. The molecule has 0 saturated heterocycles. The highest BCUT2D eigenvalue weighted by atomic mass is 16.6. The lowest BCUT2D eigenvalue weighted by Crippen LogP contribution is -2.30. The van der Waals surface area contributed by atoms with Gasteiger partial charge in [0.1, 0.15) is 13.2 Å². The molecule has 0 amide bonds. The Balaban J connectivity index is 4.11. The van der Waals surface area contributed by atoms with Crippen LogP contribution < -0.4 is 0 Å². The van der Waals surface area contributed by atoms with Gasteiger partial charge in [0.2, 0.25) is 0 Å². The summed E-state index contributed by atoms with van der Waals surface area (Å²) in [4.78, 5) is 38.4. The van der Waals surface area contributed by atoms with Crippen LogP contribution >= 0.6 is 0 Å². The molecule has 0 aliphatic carbocycles. The van der Waals surface area contributed by atoms with Gasteiger partial charge in [0.25, 0.3) is 0 Å². The number of carbonyl (C=O) groups excluding carboxylic acids is 3. The first kappa shape index (κ1) is 79.8. The van der Waals surface area contributed by atoms with Crippen molar-refractivity contribution < 1.29 is 28.6 Å². The van der Waals surface area contributed by atoms with Crippen molar-refractivity contribution in [1.29, 1.82) is 0 Å². The number of allylic oxidation sites excluding steroid dienone is 12. The molecule has 0 aromatic carbocycles. The van der Waals surface area contributed by atoms with Gasteiger partial charge in [0.15, 0.2) is 6.10 Å². The zero-order chi connectivity index (χ0) is 59.9. The molecule has 0 aliphatic rings. The van der Waals surface area contributed by atoms with Crippen LogP contribution in [0.2, 0.25) is 0 Å². The van der Waals surface area contributed by atoms with Crippen molar-refractivity contribution in [3.63, 3.8) is 0 Å². The van der Waals surface area contributed by atoms with Crippen molar-refractivity contribution >= 4 is 17.9 Å². The van der Waals surface area contributed by atoms with Crippen molar-refractivity contribution in [1.82, 2.24) is 0 Å². The van der Waals surface area contributed by atoms with Crippen LogP contribution in [-0.4, -0.2) is 37.2 Å². The number of hydrogen-bond donors (Lipinski definition) is 0. The molecular formula is C77H138O6. The van der Waals surface area contributed by atoms with E-state index in [4.69, 9.17) is 14.2 Å². The third kappa shape index (κ3) is 69.5.